The zero-order valence-electron chi connectivity index (χ0n) is 13.8. The Bertz CT molecular complexity index is 573. The first-order chi connectivity index (χ1) is 10.0. The lowest BCUT2D eigenvalue weighted by Crippen LogP contribution is -2.35. The second-order valence-corrected chi connectivity index (χ2v) is 5.99. The minimum Gasteiger partial charge on any atom is -0.354 e. The molecular formula is C16H27N5. The van der Waals surface area contributed by atoms with Crippen molar-refractivity contribution < 1.29 is 0 Å². The molecule has 0 aliphatic carbocycles. The van der Waals surface area contributed by atoms with Crippen LogP contribution < -0.4 is 10.2 Å². The van der Waals surface area contributed by atoms with Crippen LogP contribution in [-0.2, 0) is 0 Å². The average Bonchev–Trinajstić information content (AvgIpc) is 2.87. The SMILES string of the molecule is CCN(CCNC(C)C)c1nccn2nc(C(C)C)cc12. The molecule has 0 amide bonds. The Kier molecular flexibility index (Phi) is 5.17. The number of likely N-dealkylation sites (N-methyl/N-ethyl adjacent to an activating group) is 1. The highest BCUT2D eigenvalue weighted by molar-refractivity contribution is 5.69. The van der Waals surface area contributed by atoms with Gasteiger partial charge in [-0.05, 0) is 18.9 Å². The van der Waals surface area contributed by atoms with Gasteiger partial charge < -0.3 is 10.2 Å². The predicted molar refractivity (Wildman–Crippen MR) is 88.1 cm³/mol. The maximum Gasteiger partial charge on any atom is 0.154 e. The van der Waals surface area contributed by atoms with Gasteiger partial charge in [-0.1, -0.05) is 27.7 Å². The van der Waals surface area contributed by atoms with Gasteiger partial charge in [-0.3, -0.25) is 0 Å². The van der Waals surface area contributed by atoms with Crippen molar-refractivity contribution in [3.63, 3.8) is 0 Å². The van der Waals surface area contributed by atoms with Crippen molar-refractivity contribution in [1.82, 2.24) is 19.9 Å². The Hall–Kier alpha value is -1.62. The first kappa shape index (κ1) is 15.8. The van der Waals surface area contributed by atoms with E-state index >= 15 is 0 Å². The molecular weight excluding hydrogens is 262 g/mol. The van der Waals surface area contributed by atoms with Crippen molar-refractivity contribution in [3.8, 4) is 0 Å². The standard InChI is InChI=1S/C16H27N5/c1-6-20(9-7-17-13(4)5)16-15-11-14(12(2)3)19-21(15)10-8-18-16/h8,10-13,17H,6-7,9H2,1-5H3. The van der Waals surface area contributed by atoms with Crippen LogP contribution in [-0.4, -0.2) is 40.3 Å². The maximum atomic E-state index is 4.63. The molecule has 21 heavy (non-hydrogen) atoms. The maximum absolute atomic E-state index is 4.63. The van der Waals surface area contributed by atoms with Crippen LogP contribution in [0.1, 0.15) is 46.2 Å². The molecule has 2 aromatic heterocycles. The number of anilines is 1. The van der Waals surface area contributed by atoms with E-state index in [1.807, 2.05) is 16.9 Å². The van der Waals surface area contributed by atoms with Crippen LogP contribution in [0, 0.1) is 0 Å². The number of nitrogens with one attached hydrogen (secondary N) is 1. The molecule has 0 atom stereocenters. The van der Waals surface area contributed by atoms with Crippen LogP contribution in [0.5, 0.6) is 0 Å². The normalized spacial score (nSPS) is 11.8. The molecule has 116 valence electrons. The molecule has 2 aromatic rings. The lowest BCUT2D eigenvalue weighted by molar-refractivity contribution is 0.582. The molecule has 0 saturated heterocycles. The van der Waals surface area contributed by atoms with E-state index in [1.165, 1.54) is 0 Å². The fraction of sp³-hybridized carbons (Fsp3) is 0.625. The van der Waals surface area contributed by atoms with E-state index in [0.29, 0.717) is 12.0 Å². The Balaban J connectivity index is 2.26. The first-order valence-electron chi connectivity index (χ1n) is 7.85. The molecule has 0 bridgehead atoms. The fourth-order valence-corrected chi connectivity index (χ4v) is 2.35. The summed E-state index contributed by atoms with van der Waals surface area (Å²) in [6.07, 6.45) is 3.75. The van der Waals surface area contributed by atoms with Crippen molar-refractivity contribution in [1.29, 1.82) is 0 Å². The second kappa shape index (κ2) is 6.89. The van der Waals surface area contributed by atoms with Crippen LogP contribution >= 0.6 is 0 Å². The monoisotopic (exact) mass is 289 g/mol. The largest absolute Gasteiger partial charge is 0.354 e. The summed E-state index contributed by atoms with van der Waals surface area (Å²) in [7, 11) is 0. The van der Waals surface area contributed by atoms with E-state index in [0.717, 1.165) is 36.7 Å². The summed E-state index contributed by atoms with van der Waals surface area (Å²) in [5, 5.41) is 8.09. The highest BCUT2D eigenvalue weighted by atomic mass is 15.3. The number of fused-ring (bicyclic) bond motifs is 1. The number of hydrogen-bond acceptors (Lipinski definition) is 4. The van der Waals surface area contributed by atoms with E-state index in [9.17, 15) is 0 Å². The Labute approximate surface area is 127 Å². The Morgan fingerprint density at radius 2 is 2.05 bits per heavy atom. The zero-order valence-corrected chi connectivity index (χ0v) is 13.8. The molecule has 2 rings (SSSR count). The molecule has 5 nitrogen and oxygen atoms in total. The third-order valence-corrected chi connectivity index (χ3v) is 3.60. The van der Waals surface area contributed by atoms with Crippen LogP contribution in [0.2, 0.25) is 0 Å². The quantitative estimate of drug-likeness (QED) is 0.851. The first-order valence-corrected chi connectivity index (χ1v) is 7.85. The van der Waals surface area contributed by atoms with E-state index in [2.05, 4.69) is 61.0 Å². The highest BCUT2D eigenvalue weighted by Gasteiger charge is 2.14. The van der Waals surface area contributed by atoms with Crippen LogP contribution in [0.25, 0.3) is 5.52 Å². The third kappa shape index (κ3) is 3.73. The van der Waals surface area contributed by atoms with Gasteiger partial charge in [-0.15, -0.1) is 0 Å². The van der Waals surface area contributed by atoms with Crippen molar-refractivity contribution >= 4 is 11.3 Å². The van der Waals surface area contributed by atoms with Crippen LogP contribution in [0.3, 0.4) is 0 Å². The number of nitrogens with zero attached hydrogens (tertiary/aromatic N) is 4. The van der Waals surface area contributed by atoms with E-state index < -0.39 is 0 Å². The van der Waals surface area contributed by atoms with Crippen molar-refractivity contribution in [2.75, 3.05) is 24.5 Å². The smallest absolute Gasteiger partial charge is 0.154 e. The summed E-state index contributed by atoms with van der Waals surface area (Å²) >= 11 is 0. The van der Waals surface area contributed by atoms with Crippen LogP contribution in [0.15, 0.2) is 18.5 Å². The van der Waals surface area contributed by atoms with E-state index in [1.54, 1.807) is 0 Å². The lowest BCUT2D eigenvalue weighted by Gasteiger charge is -2.23. The highest BCUT2D eigenvalue weighted by Crippen LogP contribution is 2.22. The number of hydrogen-bond donors (Lipinski definition) is 1. The minimum absolute atomic E-state index is 0.426. The molecule has 0 unspecified atom stereocenters. The summed E-state index contributed by atoms with van der Waals surface area (Å²) in [5.74, 6) is 1.44. The van der Waals surface area contributed by atoms with E-state index in [4.69, 9.17) is 0 Å². The Morgan fingerprint density at radius 1 is 1.29 bits per heavy atom. The average molecular weight is 289 g/mol. The van der Waals surface area contributed by atoms with Crippen molar-refractivity contribution in [2.24, 2.45) is 0 Å². The second-order valence-electron chi connectivity index (χ2n) is 5.99. The molecule has 5 heteroatoms. The Morgan fingerprint density at radius 3 is 2.67 bits per heavy atom. The summed E-state index contributed by atoms with van der Waals surface area (Å²) in [6.45, 7) is 13.7. The number of rotatable bonds is 7. The van der Waals surface area contributed by atoms with Gasteiger partial charge in [0.2, 0.25) is 0 Å². The van der Waals surface area contributed by atoms with E-state index in [-0.39, 0.29) is 0 Å². The fourth-order valence-electron chi connectivity index (χ4n) is 2.35. The summed E-state index contributed by atoms with van der Waals surface area (Å²) in [6, 6.07) is 2.67. The molecule has 0 aromatic carbocycles. The van der Waals surface area contributed by atoms with Gasteiger partial charge >= 0.3 is 0 Å². The number of aromatic nitrogens is 3. The van der Waals surface area contributed by atoms with Gasteiger partial charge in [0.15, 0.2) is 5.82 Å². The van der Waals surface area contributed by atoms with Gasteiger partial charge in [-0.2, -0.15) is 5.10 Å². The molecule has 0 fully saturated rings. The minimum atomic E-state index is 0.426. The third-order valence-electron chi connectivity index (χ3n) is 3.60. The van der Waals surface area contributed by atoms with Gasteiger partial charge in [0.1, 0.15) is 5.52 Å². The molecule has 0 saturated carbocycles. The van der Waals surface area contributed by atoms with Crippen molar-refractivity contribution in [3.05, 3.63) is 24.2 Å². The van der Waals surface area contributed by atoms with Gasteiger partial charge in [0, 0.05) is 38.1 Å². The van der Waals surface area contributed by atoms with Gasteiger partial charge in [0.25, 0.3) is 0 Å². The summed E-state index contributed by atoms with van der Waals surface area (Å²) in [5.41, 5.74) is 2.20. The zero-order chi connectivity index (χ0) is 15.4. The van der Waals surface area contributed by atoms with Gasteiger partial charge in [0.05, 0.1) is 5.69 Å². The van der Waals surface area contributed by atoms with Crippen LogP contribution in [0.4, 0.5) is 5.82 Å². The van der Waals surface area contributed by atoms with Crippen molar-refractivity contribution in [2.45, 2.75) is 46.6 Å². The molecule has 1 N–H and O–H groups in total. The summed E-state index contributed by atoms with van der Waals surface area (Å²) < 4.78 is 1.94. The summed E-state index contributed by atoms with van der Waals surface area (Å²) in [4.78, 5) is 6.89. The van der Waals surface area contributed by atoms with Gasteiger partial charge in [-0.25, -0.2) is 9.50 Å². The molecule has 0 aliphatic heterocycles. The molecule has 0 radical (unpaired) electrons. The topological polar surface area (TPSA) is 45.5 Å². The molecule has 0 aliphatic rings. The lowest BCUT2D eigenvalue weighted by atomic mass is 10.1. The molecule has 0 spiro atoms. The molecule has 2 heterocycles. The predicted octanol–water partition coefficient (Wildman–Crippen LogP) is 2.68.